The zero-order chi connectivity index (χ0) is 81.0. The van der Waals surface area contributed by atoms with E-state index in [9.17, 15) is 58.8 Å². The molecule has 0 aromatic heterocycles. The predicted molar refractivity (Wildman–Crippen MR) is 440 cm³/mol. The molecule has 0 aliphatic heterocycles. The molecule has 12 aromatic carbocycles. The van der Waals surface area contributed by atoms with Crippen molar-refractivity contribution in [1.29, 1.82) is 0 Å². The third-order valence-electron chi connectivity index (χ3n) is 18.5. The fraction of sp³-hybridized carbons (Fsp3) is 0.120. The maximum absolute atomic E-state index is 13.1. The second kappa shape index (κ2) is 43.8. The molecule has 572 valence electrons. The van der Waals surface area contributed by atoms with E-state index in [0.29, 0.717) is 66.8 Å². The van der Waals surface area contributed by atoms with Crippen LogP contribution in [0.2, 0.25) is 0 Å². The van der Waals surface area contributed by atoms with Crippen molar-refractivity contribution in [3.05, 3.63) is 447 Å². The smallest absolute Gasteiger partial charge is 0.871 e. The largest absolute Gasteiger partial charge is 3.00 e. The van der Waals surface area contributed by atoms with Crippen molar-refractivity contribution in [1.82, 2.24) is 0 Å². The Morgan fingerprint density at radius 1 is 0.157 bits per heavy atom. The summed E-state index contributed by atoms with van der Waals surface area (Å²) in [7, 11) is 0. The molecule has 0 aliphatic carbocycles. The Morgan fingerprint density at radius 3 is 0.304 bits per heavy atom. The molecule has 12 aromatic rings. The van der Waals surface area contributed by atoms with E-state index in [1.807, 2.05) is 83.1 Å². The summed E-state index contributed by atoms with van der Waals surface area (Å²) in [5.74, 6) is -6.71. The number of allylic oxidation sites excluding steroid dienone is 4. The Kier molecular flexibility index (Phi) is 35.6. The molecule has 0 amide bonds. The van der Waals surface area contributed by atoms with Crippen LogP contribution in [0.1, 0.15) is 172 Å². The van der Waals surface area contributed by atoms with E-state index >= 15 is 0 Å². The Labute approximate surface area is 762 Å². The first-order chi connectivity index (χ1) is 53.5. The van der Waals surface area contributed by atoms with Gasteiger partial charge in [0.15, 0.2) is 46.3 Å². The zero-order valence-electron chi connectivity index (χ0n) is 66.5. The topological polar surface area (TPSA) is 260 Å². The van der Waals surface area contributed by atoms with Crippen LogP contribution in [0, 0.1) is 132 Å². The molecule has 0 heterocycles. The van der Waals surface area contributed by atoms with Gasteiger partial charge in [0, 0.05) is 44.5 Å². The molecule has 0 saturated carbocycles. The Hall–Kier alpha value is -10.5. The molecule has 0 atom stereocenters. The van der Waals surface area contributed by atoms with Gasteiger partial charge in [0.1, 0.15) is 0 Å². The standard InChI is InChI=1S/4C25H22O3.Eu.H2O.Rb/c4*1-16-4-10-19(11-5-16)23(26)22(24(27)20-12-6-17(2)7-13-20)25(28)21-14-8-18(3)9-15-21;;;/h4*4-15,26H,1-3H3;;1H2;/q;;;;+3;;+1/p-4. The van der Waals surface area contributed by atoms with Gasteiger partial charge in [-0.05, 0) is 105 Å². The van der Waals surface area contributed by atoms with Crippen LogP contribution < -0.4 is 78.6 Å². The second-order valence-electron chi connectivity index (χ2n) is 27.8. The van der Waals surface area contributed by atoms with Crippen molar-refractivity contribution in [2.24, 2.45) is 0 Å². The molecule has 0 saturated heterocycles. The molecule has 12 rings (SSSR count). The number of Topliss-reactive ketones (excluding diaryl/α,β-unsaturated/α-hetero) is 8. The number of rotatable bonds is 20. The summed E-state index contributed by atoms with van der Waals surface area (Å²) in [4.78, 5) is 105. The molecule has 13 nitrogen and oxygen atoms in total. The number of ketones is 8. The van der Waals surface area contributed by atoms with Crippen molar-refractivity contribution in [2.75, 3.05) is 0 Å². The van der Waals surface area contributed by atoms with E-state index in [4.69, 9.17) is 0 Å². The predicted octanol–water partition coefficient (Wildman–Crippen LogP) is 14.0. The van der Waals surface area contributed by atoms with Crippen LogP contribution in [0.25, 0.3) is 23.0 Å². The fourth-order valence-electron chi connectivity index (χ4n) is 11.4. The summed E-state index contributed by atoms with van der Waals surface area (Å²) in [6.07, 6.45) is 0. The van der Waals surface area contributed by atoms with Crippen LogP contribution in [-0.2, 0) is 0 Å². The number of benzene rings is 12. The summed E-state index contributed by atoms with van der Waals surface area (Å²) in [6, 6.07) is 82.3. The third-order valence-corrected chi connectivity index (χ3v) is 18.5. The van der Waals surface area contributed by atoms with Crippen molar-refractivity contribution in [2.45, 2.75) is 83.1 Å². The fourth-order valence-corrected chi connectivity index (χ4v) is 11.4. The van der Waals surface area contributed by atoms with Gasteiger partial charge in [-0.1, -0.05) is 381 Å². The maximum atomic E-state index is 13.1. The van der Waals surface area contributed by atoms with Gasteiger partial charge in [-0.15, -0.1) is 0 Å². The molecule has 0 unspecified atom stereocenters. The first-order valence-corrected chi connectivity index (χ1v) is 36.3. The van der Waals surface area contributed by atoms with E-state index in [1.54, 1.807) is 291 Å². The van der Waals surface area contributed by atoms with Crippen LogP contribution in [-0.4, -0.2) is 51.7 Å². The normalized spacial score (nSPS) is 10.1. The number of hydrogen-bond acceptors (Lipinski definition) is 12. The van der Waals surface area contributed by atoms with Crippen LogP contribution in [0.15, 0.2) is 313 Å². The number of carbonyl (C=O) groups excluding carboxylic acids is 8. The summed E-state index contributed by atoms with van der Waals surface area (Å²) >= 11 is 0. The molecule has 15 heteroatoms. The summed E-state index contributed by atoms with van der Waals surface area (Å²) in [5.41, 5.74) is 14.4. The van der Waals surface area contributed by atoms with Gasteiger partial charge < -0.3 is 25.9 Å². The second-order valence-corrected chi connectivity index (χ2v) is 27.8. The molecule has 0 bridgehead atoms. The SMILES string of the molecule is Cc1ccc(C(=O)C(C(=O)c2ccc(C)cc2)=C([O-])c2ccc(C)cc2)cc1.Cc1ccc(C(=O)C(C(=O)c2ccc(C)cc2)=C([O-])c2ccc(C)cc2)cc1.Cc1ccc(C(=O)C(C(=O)c2ccc(C)cc2)=C([O-])c2ccc(C)cc2)cc1.Cc1ccc(C(=O)C(C(=O)c2ccc(C)cc2)=C([O-])c2ccc(C)cc2)cc1.O.[Eu+3].[Rb+]. The number of carbonyl (C=O) groups is 8. The molecule has 0 fully saturated rings. The Balaban J connectivity index is 0.000000236. The zero-order valence-corrected chi connectivity index (χ0v) is 73.8. The Bertz CT molecular complexity index is 4640. The quantitative estimate of drug-likeness (QED) is 0.0227. The van der Waals surface area contributed by atoms with E-state index in [0.717, 1.165) is 66.8 Å². The Morgan fingerprint density at radius 2 is 0.226 bits per heavy atom. The van der Waals surface area contributed by atoms with Gasteiger partial charge in [-0.25, -0.2) is 0 Å². The van der Waals surface area contributed by atoms with Gasteiger partial charge in [-0.3, -0.25) is 38.4 Å². The molecule has 0 radical (unpaired) electrons. The first-order valence-electron chi connectivity index (χ1n) is 36.3. The summed E-state index contributed by atoms with van der Waals surface area (Å²) in [6.45, 7) is 22.9. The first kappa shape index (κ1) is 93.4. The van der Waals surface area contributed by atoms with Gasteiger partial charge in [0.05, 0.1) is 22.3 Å². The monoisotopic (exact) mass is 1730 g/mol. The van der Waals surface area contributed by atoms with Crippen LogP contribution >= 0.6 is 0 Å². The molecular formula is C100H86EuO13Rb. The van der Waals surface area contributed by atoms with Crippen molar-refractivity contribution < 1.29 is 172 Å². The maximum Gasteiger partial charge on any atom is 3.00 e. The average Bonchev–Trinajstić information content (AvgIpc) is 0.816. The third kappa shape index (κ3) is 25.3. The molecule has 0 spiro atoms. The van der Waals surface area contributed by atoms with E-state index in [2.05, 4.69) is 0 Å². The van der Waals surface area contributed by atoms with E-state index in [-0.39, 0.29) is 135 Å². The summed E-state index contributed by atoms with van der Waals surface area (Å²) in [5, 5.41) is 52.6. The molecular weight excluding hydrogens is 1650 g/mol. The van der Waals surface area contributed by atoms with Crippen LogP contribution in [0.5, 0.6) is 0 Å². The van der Waals surface area contributed by atoms with E-state index < -0.39 is 69.3 Å². The minimum absolute atomic E-state index is 0. The van der Waals surface area contributed by atoms with Gasteiger partial charge in [0.2, 0.25) is 0 Å². The van der Waals surface area contributed by atoms with Gasteiger partial charge >= 0.3 is 108 Å². The number of hydrogen-bond donors (Lipinski definition) is 0. The van der Waals surface area contributed by atoms with E-state index in [1.165, 1.54) is 0 Å². The minimum Gasteiger partial charge on any atom is -0.871 e. The molecule has 0 aliphatic rings. The average molecular weight is 1730 g/mol. The minimum atomic E-state index is -0.559. The van der Waals surface area contributed by atoms with Crippen molar-refractivity contribution in [3.63, 3.8) is 0 Å². The molecule has 115 heavy (non-hydrogen) atoms. The number of aryl methyl sites for hydroxylation is 12. The van der Waals surface area contributed by atoms with Gasteiger partial charge in [-0.2, -0.15) is 0 Å². The van der Waals surface area contributed by atoms with Gasteiger partial charge in [0.25, 0.3) is 0 Å². The van der Waals surface area contributed by atoms with Crippen molar-refractivity contribution >= 4 is 69.3 Å². The molecule has 2 N–H and O–H groups in total. The van der Waals surface area contributed by atoms with Crippen LogP contribution in [0.3, 0.4) is 0 Å². The summed E-state index contributed by atoms with van der Waals surface area (Å²) < 4.78 is 0. The van der Waals surface area contributed by atoms with Crippen LogP contribution in [0.4, 0.5) is 0 Å². The van der Waals surface area contributed by atoms with Crippen molar-refractivity contribution in [3.8, 4) is 0 Å².